The second-order valence-corrected chi connectivity index (χ2v) is 5.39. The highest BCUT2D eigenvalue weighted by atomic mass is 16.3. The van der Waals surface area contributed by atoms with Gasteiger partial charge in [-0.15, -0.1) is 0 Å². The van der Waals surface area contributed by atoms with Gasteiger partial charge in [-0.3, -0.25) is 15.2 Å². The average Bonchev–Trinajstić information content (AvgIpc) is 3.14. The molecular weight excluding hydrogens is 332 g/mol. The number of allylic oxidation sites excluding steroid dienone is 1. The molecular formula is C18H18N6O2. The number of nitrogens with one attached hydrogen (secondary N) is 2. The molecule has 0 bridgehead atoms. The molecule has 0 atom stereocenters. The van der Waals surface area contributed by atoms with E-state index in [1.807, 2.05) is 6.07 Å². The first-order valence-electron chi connectivity index (χ1n) is 7.55. The Labute approximate surface area is 150 Å². The van der Waals surface area contributed by atoms with Crippen molar-refractivity contribution in [2.75, 3.05) is 18.1 Å². The summed E-state index contributed by atoms with van der Waals surface area (Å²) in [5.74, 6) is -0.572. The van der Waals surface area contributed by atoms with Gasteiger partial charge in [0.1, 0.15) is 11.8 Å². The average molecular weight is 350 g/mol. The van der Waals surface area contributed by atoms with Crippen LogP contribution in [0.1, 0.15) is 18.1 Å². The van der Waals surface area contributed by atoms with Crippen molar-refractivity contribution in [3.8, 4) is 6.07 Å². The zero-order valence-corrected chi connectivity index (χ0v) is 14.3. The molecule has 0 saturated carbocycles. The van der Waals surface area contributed by atoms with Crippen molar-refractivity contribution in [1.82, 2.24) is 0 Å². The zero-order chi connectivity index (χ0) is 19.3. The molecule has 0 radical (unpaired) electrons. The van der Waals surface area contributed by atoms with Crippen molar-refractivity contribution in [3.63, 3.8) is 0 Å². The molecule has 0 aliphatic carbocycles. The van der Waals surface area contributed by atoms with E-state index in [2.05, 4.69) is 10.3 Å². The van der Waals surface area contributed by atoms with Gasteiger partial charge in [-0.1, -0.05) is 0 Å². The molecule has 0 aliphatic heterocycles. The van der Waals surface area contributed by atoms with Crippen molar-refractivity contribution >= 4 is 28.7 Å². The molecule has 1 aromatic heterocycles. The molecule has 0 saturated heterocycles. The van der Waals surface area contributed by atoms with E-state index in [9.17, 15) is 4.79 Å². The summed E-state index contributed by atoms with van der Waals surface area (Å²) >= 11 is 0. The molecule has 6 N–H and O–H groups in total. The summed E-state index contributed by atoms with van der Waals surface area (Å²) in [5.41, 5.74) is 13.7. The van der Waals surface area contributed by atoms with Crippen molar-refractivity contribution in [2.45, 2.75) is 6.92 Å². The van der Waals surface area contributed by atoms with Crippen molar-refractivity contribution in [2.24, 2.45) is 10.7 Å². The fraction of sp³-hybridized carbons (Fsp3) is 0.111. The number of nitrogens with zero attached hydrogens (tertiary/aromatic N) is 2. The highest BCUT2D eigenvalue weighted by Crippen LogP contribution is 2.22. The molecule has 1 heterocycles. The molecule has 0 unspecified atom stereocenters. The van der Waals surface area contributed by atoms with Gasteiger partial charge in [-0.2, -0.15) is 5.26 Å². The van der Waals surface area contributed by atoms with E-state index < -0.39 is 5.91 Å². The Balaban J connectivity index is 2.35. The fourth-order valence-electron chi connectivity index (χ4n) is 2.30. The van der Waals surface area contributed by atoms with Crippen LogP contribution in [0.5, 0.6) is 0 Å². The normalized spacial score (nSPS) is 12.1. The number of amides is 1. The summed E-state index contributed by atoms with van der Waals surface area (Å²) in [7, 11) is 1.41. The Hall–Kier alpha value is -3.86. The first-order valence-corrected chi connectivity index (χ1v) is 7.55. The molecule has 8 heteroatoms. The predicted octanol–water partition coefficient (Wildman–Crippen LogP) is 2.04. The van der Waals surface area contributed by atoms with Crippen LogP contribution in [0.3, 0.4) is 0 Å². The number of benzene rings is 1. The molecule has 0 fully saturated rings. The van der Waals surface area contributed by atoms with E-state index in [-0.39, 0.29) is 22.7 Å². The fourth-order valence-corrected chi connectivity index (χ4v) is 2.30. The summed E-state index contributed by atoms with van der Waals surface area (Å²) < 4.78 is 4.99. The lowest BCUT2D eigenvalue weighted by molar-refractivity contribution is -0.112. The van der Waals surface area contributed by atoms with Crippen LogP contribution >= 0.6 is 0 Å². The van der Waals surface area contributed by atoms with Gasteiger partial charge in [0.25, 0.3) is 5.91 Å². The monoisotopic (exact) mass is 350 g/mol. The van der Waals surface area contributed by atoms with E-state index in [1.165, 1.54) is 26.5 Å². The number of carbonyl (C=O) groups excluding carboxylic acids is 1. The lowest BCUT2D eigenvalue weighted by Crippen LogP contribution is -2.23. The lowest BCUT2D eigenvalue weighted by atomic mass is 10.0. The standard InChI is InChI=1S/C18H18N6O2/c1-10(20)16(15(8-19)23-2)18(25)24-12-3-4-14(21)13(7-12)17(22)11-5-6-26-9-11/h3-7,9,22H,20-21H2,1-2H3,(H,24,25). The van der Waals surface area contributed by atoms with E-state index in [1.54, 1.807) is 24.3 Å². The molecule has 2 aromatic rings. The third-order valence-electron chi connectivity index (χ3n) is 3.58. The van der Waals surface area contributed by atoms with E-state index >= 15 is 0 Å². The molecule has 0 aliphatic rings. The van der Waals surface area contributed by atoms with Crippen LogP contribution in [-0.2, 0) is 4.79 Å². The van der Waals surface area contributed by atoms with E-state index in [0.717, 1.165) is 0 Å². The second kappa shape index (κ2) is 7.81. The van der Waals surface area contributed by atoms with Crippen LogP contribution in [0, 0.1) is 16.7 Å². The van der Waals surface area contributed by atoms with Gasteiger partial charge in [-0.05, 0) is 31.2 Å². The molecule has 0 spiro atoms. The summed E-state index contributed by atoms with van der Waals surface area (Å²) in [4.78, 5) is 16.3. The number of aliphatic imine (C=N–C) groups is 1. The maximum Gasteiger partial charge on any atom is 0.260 e. The minimum atomic E-state index is -0.572. The zero-order valence-electron chi connectivity index (χ0n) is 14.3. The van der Waals surface area contributed by atoms with E-state index in [0.29, 0.717) is 22.5 Å². The number of rotatable bonds is 5. The number of anilines is 2. The smallest absolute Gasteiger partial charge is 0.260 e. The SMILES string of the molecule is CN=C(C#N)C(C(=O)Nc1ccc(N)c(C(=N)c2ccoc2)c1)=C(C)N. The first-order chi connectivity index (χ1) is 12.4. The highest BCUT2D eigenvalue weighted by molar-refractivity contribution is 6.30. The van der Waals surface area contributed by atoms with Gasteiger partial charge < -0.3 is 21.2 Å². The van der Waals surface area contributed by atoms with Crippen LogP contribution in [0.15, 0.2) is 57.5 Å². The lowest BCUT2D eigenvalue weighted by Gasteiger charge is -2.12. The summed E-state index contributed by atoms with van der Waals surface area (Å²) in [5, 5.41) is 20.0. The summed E-state index contributed by atoms with van der Waals surface area (Å²) in [6.45, 7) is 1.51. The third kappa shape index (κ3) is 3.79. The van der Waals surface area contributed by atoms with Gasteiger partial charge in [0.2, 0.25) is 0 Å². The number of furan rings is 1. The molecule has 26 heavy (non-hydrogen) atoms. The Morgan fingerprint density at radius 2 is 2.12 bits per heavy atom. The largest absolute Gasteiger partial charge is 0.472 e. The van der Waals surface area contributed by atoms with Gasteiger partial charge in [0.05, 0.1) is 23.8 Å². The van der Waals surface area contributed by atoms with Crippen LogP contribution in [0.4, 0.5) is 11.4 Å². The minimum absolute atomic E-state index is 0.00159. The molecule has 1 amide bonds. The second-order valence-electron chi connectivity index (χ2n) is 5.39. The molecule has 8 nitrogen and oxygen atoms in total. The highest BCUT2D eigenvalue weighted by Gasteiger charge is 2.19. The third-order valence-corrected chi connectivity index (χ3v) is 3.58. The Kier molecular flexibility index (Phi) is 5.55. The Bertz CT molecular complexity index is 945. The predicted molar refractivity (Wildman–Crippen MR) is 100.0 cm³/mol. The summed E-state index contributed by atoms with van der Waals surface area (Å²) in [6, 6.07) is 8.23. The number of nitriles is 1. The van der Waals surface area contributed by atoms with Crippen molar-refractivity contribution < 1.29 is 9.21 Å². The summed E-state index contributed by atoms with van der Waals surface area (Å²) in [6.07, 6.45) is 2.89. The number of hydrogen-bond acceptors (Lipinski definition) is 7. The van der Waals surface area contributed by atoms with Crippen molar-refractivity contribution in [3.05, 3.63) is 59.2 Å². The quantitative estimate of drug-likeness (QED) is 0.369. The Morgan fingerprint density at radius 3 is 2.65 bits per heavy atom. The number of hydrogen-bond donors (Lipinski definition) is 4. The van der Waals surface area contributed by atoms with Crippen LogP contribution in [0.25, 0.3) is 0 Å². The maximum absolute atomic E-state index is 12.5. The Morgan fingerprint density at radius 1 is 1.38 bits per heavy atom. The van der Waals surface area contributed by atoms with Gasteiger partial charge in [0, 0.05) is 35.2 Å². The van der Waals surface area contributed by atoms with Crippen LogP contribution in [0.2, 0.25) is 0 Å². The van der Waals surface area contributed by atoms with Gasteiger partial charge in [0.15, 0.2) is 0 Å². The number of carbonyl (C=O) groups is 1. The molecule has 132 valence electrons. The van der Waals surface area contributed by atoms with Crippen LogP contribution < -0.4 is 16.8 Å². The number of nitrogen functional groups attached to an aromatic ring is 1. The number of nitrogens with two attached hydrogens (primary N) is 2. The maximum atomic E-state index is 12.5. The van der Waals surface area contributed by atoms with E-state index in [4.69, 9.17) is 26.6 Å². The first kappa shape index (κ1) is 18.5. The molecule has 2 rings (SSSR count). The topological polar surface area (TPSA) is 154 Å². The van der Waals surface area contributed by atoms with Gasteiger partial charge >= 0.3 is 0 Å². The van der Waals surface area contributed by atoms with Gasteiger partial charge in [-0.25, -0.2) is 0 Å². The van der Waals surface area contributed by atoms with Crippen molar-refractivity contribution in [1.29, 1.82) is 10.7 Å². The molecule has 1 aromatic carbocycles. The van der Waals surface area contributed by atoms with Crippen LogP contribution in [-0.4, -0.2) is 24.4 Å². The minimum Gasteiger partial charge on any atom is -0.472 e.